The Labute approximate surface area is 300 Å². The van der Waals surface area contributed by atoms with Crippen LogP contribution in [0, 0.1) is 0 Å². The summed E-state index contributed by atoms with van der Waals surface area (Å²) in [6.07, 6.45) is -8.25. The Morgan fingerprint density at radius 2 is 1.17 bits per heavy atom. The van der Waals surface area contributed by atoms with Crippen LogP contribution in [-0.4, -0.2) is 79.1 Å². The van der Waals surface area contributed by atoms with Crippen molar-refractivity contribution >= 4 is 52.8 Å². The summed E-state index contributed by atoms with van der Waals surface area (Å²) in [6.45, 7) is 6.95. The fraction of sp³-hybridized carbons (Fsp3) is 0.371. The number of fused-ring (bicyclic) bond motifs is 1. The molecule has 0 spiro atoms. The quantitative estimate of drug-likeness (QED) is 0.156. The topological polar surface area (TPSA) is 233 Å². The Kier molecular flexibility index (Phi) is 12.5. The molecule has 18 nitrogen and oxygen atoms in total. The maximum atomic E-state index is 14.5. The maximum absolute atomic E-state index is 14.5. The normalized spacial score (nSPS) is 19.3. The lowest BCUT2D eigenvalue weighted by Gasteiger charge is -2.43. The van der Waals surface area contributed by atoms with Crippen molar-refractivity contribution in [2.24, 2.45) is 0 Å². The Hall–Kier alpha value is -6.30. The second kappa shape index (κ2) is 16.8. The third-order valence-electron chi connectivity index (χ3n) is 6.97. The van der Waals surface area contributed by atoms with E-state index in [4.69, 9.17) is 47.0 Å². The van der Waals surface area contributed by atoms with Gasteiger partial charge in [0.05, 0.1) is 0 Å². The van der Waals surface area contributed by atoms with Crippen molar-refractivity contribution in [3.8, 4) is 34.3 Å². The molecule has 4 rings (SSSR count). The monoisotopic (exact) mass is 742 g/mol. The van der Waals surface area contributed by atoms with Crippen molar-refractivity contribution in [1.29, 1.82) is 0 Å². The number of rotatable bonds is 11. The molecule has 0 saturated carbocycles. The predicted octanol–water partition coefficient (Wildman–Crippen LogP) is 2.70. The van der Waals surface area contributed by atoms with Crippen LogP contribution in [0.25, 0.3) is 22.3 Å². The number of ether oxygens (including phenoxy) is 9. The summed E-state index contributed by atoms with van der Waals surface area (Å²) in [5.41, 5.74) is -1.12. The maximum Gasteiger partial charge on any atom is 0.308 e. The van der Waals surface area contributed by atoms with E-state index >= 15 is 0 Å². The number of benzene rings is 2. The van der Waals surface area contributed by atoms with Crippen LogP contribution >= 0.6 is 0 Å². The second-order valence-corrected chi connectivity index (χ2v) is 11.4. The van der Waals surface area contributed by atoms with Crippen molar-refractivity contribution in [3.05, 3.63) is 46.6 Å². The van der Waals surface area contributed by atoms with Gasteiger partial charge in [-0.3, -0.25) is 38.4 Å². The minimum absolute atomic E-state index is 0.126. The van der Waals surface area contributed by atoms with Crippen molar-refractivity contribution in [3.63, 3.8) is 0 Å². The molecule has 2 heterocycles. The minimum Gasteiger partial charge on any atom is -0.463 e. The van der Waals surface area contributed by atoms with Gasteiger partial charge in [0.15, 0.2) is 18.0 Å². The summed E-state index contributed by atoms with van der Waals surface area (Å²) in [5.74, 6) is -7.11. The first-order chi connectivity index (χ1) is 24.9. The summed E-state index contributed by atoms with van der Waals surface area (Å²) in [6, 6.07) is 7.81. The van der Waals surface area contributed by atoms with E-state index < -0.39 is 96.0 Å². The fourth-order valence-electron chi connectivity index (χ4n) is 5.24. The molecule has 53 heavy (non-hydrogen) atoms. The van der Waals surface area contributed by atoms with Gasteiger partial charge in [-0.1, -0.05) is 0 Å². The van der Waals surface area contributed by atoms with E-state index in [2.05, 4.69) is 0 Å². The lowest BCUT2D eigenvalue weighted by Crippen LogP contribution is -2.63. The molecule has 5 atom stereocenters. The third-order valence-corrected chi connectivity index (χ3v) is 6.97. The van der Waals surface area contributed by atoms with Gasteiger partial charge in [-0.2, -0.15) is 0 Å². The second-order valence-electron chi connectivity index (χ2n) is 11.4. The Morgan fingerprint density at radius 3 is 1.72 bits per heavy atom. The molecule has 1 fully saturated rings. The van der Waals surface area contributed by atoms with Crippen LogP contribution in [0.5, 0.6) is 23.0 Å². The number of carbonyl (C=O) groups is 7. The Bertz CT molecular complexity index is 1990. The first-order valence-corrected chi connectivity index (χ1v) is 15.7. The van der Waals surface area contributed by atoms with Gasteiger partial charge in [0, 0.05) is 66.2 Å². The molecule has 0 bridgehead atoms. The zero-order valence-corrected chi connectivity index (χ0v) is 29.4. The van der Waals surface area contributed by atoms with E-state index in [-0.39, 0.29) is 33.8 Å². The van der Waals surface area contributed by atoms with Gasteiger partial charge in [-0.15, -0.1) is 0 Å². The summed E-state index contributed by atoms with van der Waals surface area (Å²) in [5, 5.41) is -0.378. The van der Waals surface area contributed by atoms with Gasteiger partial charge in [0.2, 0.25) is 23.6 Å². The van der Waals surface area contributed by atoms with Crippen molar-refractivity contribution in [2.75, 3.05) is 6.61 Å². The Morgan fingerprint density at radius 1 is 0.623 bits per heavy atom. The molecule has 2 aromatic carbocycles. The molecule has 0 radical (unpaired) electrons. The van der Waals surface area contributed by atoms with Crippen molar-refractivity contribution in [1.82, 2.24) is 0 Å². The molecule has 1 aliphatic heterocycles. The van der Waals surface area contributed by atoms with Crippen LogP contribution in [0.15, 0.2) is 45.6 Å². The zero-order chi connectivity index (χ0) is 39.1. The number of hydrogen-bond donors (Lipinski definition) is 0. The van der Waals surface area contributed by atoms with E-state index in [0.717, 1.165) is 47.6 Å². The standard InChI is InChI=1S/C35H34O18/c1-15(36)44-14-27-31(48-19(5)40)33(49-20(6)41)34(50-21(7)42)35(52-27)53-32-29(43)28-25(47-18(4)39)12-24(46-17(3)38)13-26(28)51-30(32)22-8-10-23(11-9-22)45-16(2)37/h8-13,27,31,33-35H,14H2,1-7H3/t27-,31+,33+,34-,35-/m1/s1. The van der Waals surface area contributed by atoms with Gasteiger partial charge in [-0.05, 0) is 24.3 Å². The summed E-state index contributed by atoms with van der Waals surface area (Å²) in [7, 11) is 0. The minimum atomic E-state index is -1.88. The lowest BCUT2D eigenvalue weighted by molar-refractivity contribution is -0.288. The van der Waals surface area contributed by atoms with Crippen molar-refractivity contribution in [2.45, 2.75) is 79.2 Å². The first kappa shape index (κ1) is 39.5. The van der Waals surface area contributed by atoms with Gasteiger partial charge in [0.25, 0.3) is 0 Å². The van der Waals surface area contributed by atoms with E-state index in [0.29, 0.717) is 0 Å². The van der Waals surface area contributed by atoms with Crippen molar-refractivity contribution < 1.29 is 80.6 Å². The first-order valence-electron chi connectivity index (χ1n) is 15.7. The average Bonchev–Trinajstić information content (AvgIpc) is 3.02. The molecule has 282 valence electrons. The lowest BCUT2D eigenvalue weighted by atomic mass is 9.98. The number of esters is 7. The highest BCUT2D eigenvalue weighted by Gasteiger charge is 2.54. The molecule has 0 aliphatic carbocycles. The average molecular weight is 743 g/mol. The van der Waals surface area contributed by atoms with Crippen LogP contribution in [0.4, 0.5) is 0 Å². The van der Waals surface area contributed by atoms with Crippen LogP contribution in [-0.2, 0) is 57.2 Å². The third kappa shape index (κ3) is 10.2. The fourth-order valence-corrected chi connectivity index (χ4v) is 5.24. The number of hydrogen-bond acceptors (Lipinski definition) is 18. The highest BCUT2D eigenvalue weighted by molar-refractivity contribution is 5.91. The molecular weight excluding hydrogens is 708 g/mol. The number of carbonyl (C=O) groups excluding carboxylic acids is 7. The summed E-state index contributed by atoms with van der Waals surface area (Å²) in [4.78, 5) is 98.6. The molecule has 0 N–H and O–H groups in total. The molecule has 0 amide bonds. The summed E-state index contributed by atoms with van der Waals surface area (Å²) >= 11 is 0. The molecule has 3 aromatic rings. The Balaban J connectivity index is 2.01. The van der Waals surface area contributed by atoms with E-state index in [1.807, 2.05) is 0 Å². The van der Waals surface area contributed by atoms with Gasteiger partial charge in [-0.25, -0.2) is 0 Å². The van der Waals surface area contributed by atoms with Crippen LogP contribution in [0.1, 0.15) is 48.5 Å². The molecule has 1 saturated heterocycles. The zero-order valence-electron chi connectivity index (χ0n) is 29.4. The SMILES string of the molecule is CC(=O)OC[C@H]1O[C@H](Oc2c(-c3ccc(OC(C)=O)cc3)oc3cc(OC(C)=O)cc(OC(C)=O)c3c2=O)[C@H](OC(C)=O)[C@@H](OC(C)=O)[C@H]1OC(C)=O. The highest BCUT2D eigenvalue weighted by atomic mass is 16.7. The van der Waals surface area contributed by atoms with Gasteiger partial charge >= 0.3 is 41.8 Å². The van der Waals surface area contributed by atoms with E-state index in [9.17, 15) is 38.4 Å². The smallest absolute Gasteiger partial charge is 0.308 e. The van der Waals surface area contributed by atoms with Crippen LogP contribution in [0.3, 0.4) is 0 Å². The van der Waals surface area contributed by atoms with Gasteiger partial charge < -0.3 is 47.0 Å². The van der Waals surface area contributed by atoms with E-state index in [1.54, 1.807) is 0 Å². The van der Waals surface area contributed by atoms with Crippen LogP contribution < -0.4 is 24.4 Å². The van der Waals surface area contributed by atoms with E-state index in [1.165, 1.54) is 37.3 Å². The van der Waals surface area contributed by atoms with Crippen LogP contribution in [0.2, 0.25) is 0 Å². The molecular formula is C35H34O18. The summed E-state index contributed by atoms with van der Waals surface area (Å²) < 4.78 is 55.3. The largest absolute Gasteiger partial charge is 0.463 e. The predicted molar refractivity (Wildman–Crippen MR) is 174 cm³/mol. The molecule has 1 aromatic heterocycles. The molecule has 18 heteroatoms. The molecule has 0 unspecified atom stereocenters. The van der Waals surface area contributed by atoms with Gasteiger partial charge in [0.1, 0.15) is 40.9 Å². The molecule has 1 aliphatic rings. The highest BCUT2D eigenvalue weighted by Crippen LogP contribution is 2.39.